The Balaban J connectivity index is 1.59. The second-order valence-corrected chi connectivity index (χ2v) is 8.96. The van der Waals surface area contributed by atoms with Crippen LogP contribution in [0.5, 0.6) is 0 Å². The molecule has 1 amide bonds. The Morgan fingerprint density at radius 1 is 1.16 bits per heavy atom. The highest BCUT2D eigenvalue weighted by atomic mass is 35.5. The van der Waals surface area contributed by atoms with Crippen LogP contribution in [0.2, 0.25) is 5.02 Å². The summed E-state index contributed by atoms with van der Waals surface area (Å²) in [6, 6.07) is 8.80. The van der Waals surface area contributed by atoms with Gasteiger partial charge in [0.15, 0.2) is 6.61 Å². The van der Waals surface area contributed by atoms with Gasteiger partial charge in [-0.3, -0.25) is 14.9 Å². The molecule has 0 saturated carbocycles. The minimum absolute atomic E-state index is 0.0174. The molecule has 1 N–H and O–H groups in total. The molecule has 3 rings (SSSR count). The molecule has 0 unspecified atom stereocenters. The fourth-order valence-electron chi connectivity index (χ4n) is 2.86. The van der Waals surface area contributed by atoms with Crippen molar-refractivity contribution in [3.05, 3.63) is 63.2 Å². The highest BCUT2D eigenvalue weighted by Crippen LogP contribution is 2.27. The first-order valence-corrected chi connectivity index (χ1v) is 11.1. The van der Waals surface area contributed by atoms with Crippen LogP contribution in [0, 0.1) is 10.1 Å². The molecule has 1 aliphatic heterocycles. The van der Waals surface area contributed by atoms with E-state index in [1.807, 2.05) is 0 Å². The maximum absolute atomic E-state index is 12.6. The number of hydrogen-bond donors (Lipinski definition) is 1. The number of morpholine rings is 1. The van der Waals surface area contributed by atoms with Gasteiger partial charge in [-0.1, -0.05) is 11.6 Å². The summed E-state index contributed by atoms with van der Waals surface area (Å²) in [4.78, 5) is 34.6. The lowest BCUT2D eigenvalue weighted by Gasteiger charge is -2.26. The standard InChI is InChI=1S/C19H18ClN3O8S/c20-14-3-6-16(17(11-14)23(26)27)21-18(24)12-31-19(25)13-1-4-15(5-2-13)32(28,29)22-7-9-30-10-8-22/h1-6,11H,7-10,12H2,(H,21,24). The van der Waals surface area contributed by atoms with Crippen molar-refractivity contribution in [2.45, 2.75) is 4.90 Å². The molecular weight excluding hydrogens is 466 g/mol. The number of carbonyl (C=O) groups excluding carboxylic acids is 2. The first-order valence-electron chi connectivity index (χ1n) is 9.27. The zero-order valence-corrected chi connectivity index (χ0v) is 18.1. The summed E-state index contributed by atoms with van der Waals surface area (Å²) in [6.07, 6.45) is 0. The molecular formula is C19H18ClN3O8S. The number of hydrogen-bond acceptors (Lipinski definition) is 8. The van der Waals surface area contributed by atoms with Crippen molar-refractivity contribution in [3.8, 4) is 0 Å². The SMILES string of the molecule is O=C(COC(=O)c1ccc(S(=O)(=O)N2CCOCC2)cc1)Nc1ccc(Cl)cc1[N+](=O)[O-]. The summed E-state index contributed by atoms with van der Waals surface area (Å²) in [5.74, 6) is -1.66. The number of nitrogens with zero attached hydrogens (tertiary/aromatic N) is 2. The van der Waals surface area contributed by atoms with Gasteiger partial charge in [0, 0.05) is 24.2 Å². The van der Waals surface area contributed by atoms with Crippen molar-refractivity contribution < 1.29 is 32.4 Å². The van der Waals surface area contributed by atoms with Gasteiger partial charge in [-0.15, -0.1) is 0 Å². The third-order valence-corrected chi connectivity index (χ3v) is 6.61. The zero-order chi connectivity index (χ0) is 23.3. The van der Waals surface area contributed by atoms with Crippen molar-refractivity contribution in [1.29, 1.82) is 0 Å². The van der Waals surface area contributed by atoms with Crippen LogP contribution >= 0.6 is 11.6 Å². The molecule has 0 spiro atoms. The molecule has 0 atom stereocenters. The number of rotatable bonds is 7. The first-order chi connectivity index (χ1) is 15.2. The number of esters is 1. The topological polar surface area (TPSA) is 145 Å². The molecule has 170 valence electrons. The van der Waals surface area contributed by atoms with Crippen molar-refractivity contribution in [2.75, 3.05) is 38.2 Å². The normalized spacial score (nSPS) is 14.5. The van der Waals surface area contributed by atoms with E-state index in [2.05, 4.69) is 5.32 Å². The van der Waals surface area contributed by atoms with E-state index in [1.54, 1.807) is 0 Å². The number of nitrogens with one attached hydrogen (secondary N) is 1. The van der Waals surface area contributed by atoms with E-state index in [9.17, 15) is 28.1 Å². The summed E-state index contributed by atoms with van der Waals surface area (Å²) >= 11 is 5.72. The number of nitro groups is 1. The highest BCUT2D eigenvalue weighted by Gasteiger charge is 2.26. The van der Waals surface area contributed by atoms with Crippen LogP contribution in [-0.4, -0.2) is 62.4 Å². The predicted octanol–water partition coefficient (Wildman–Crippen LogP) is 2.06. The molecule has 2 aromatic carbocycles. The molecule has 1 fully saturated rings. The fourth-order valence-corrected chi connectivity index (χ4v) is 4.44. The fraction of sp³-hybridized carbons (Fsp3) is 0.263. The van der Waals surface area contributed by atoms with Gasteiger partial charge in [-0.25, -0.2) is 13.2 Å². The van der Waals surface area contributed by atoms with E-state index in [1.165, 1.54) is 40.7 Å². The average molecular weight is 484 g/mol. The van der Waals surface area contributed by atoms with E-state index in [4.69, 9.17) is 21.1 Å². The van der Waals surface area contributed by atoms with Gasteiger partial charge in [-0.05, 0) is 36.4 Å². The number of carbonyl (C=O) groups is 2. The minimum Gasteiger partial charge on any atom is -0.452 e. The van der Waals surface area contributed by atoms with Crippen LogP contribution in [0.3, 0.4) is 0 Å². The molecule has 1 heterocycles. The molecule has 11 nitrogen and oxygen atoms in total. The van der Waals surface area contributed by atoms with Crippen molar-refractivity contribution in [3.63, 3.8) is 0 Å². The highest BCUT2D eigenvalue weighted by molar-refractivity contribution is 7.89. The molecule has 2 aromatic rings. The van der Waals surface area contributed by atoms with E-state index in [0.29, 0.717) is 13.2 Å². The Bertz CT molecular complexity index is 1130. The monoisotopic (exact) mass is 483 g/mol. The van der Waals surface area contributed by atoms with E-state index in [-0.39, 0.29) is 34.3 Å². The van der Waals surface area contributed by atoms with Gasteiger partial charge in [0.1, 0.15) is 5.69 Å². The van der Waals surface area contributed by atoms with Crippen molar-refractivity contribution >= 4 is 44.9 Å². The van der Waals surface area contributed by atoms with Gasteiger partial charge < -0.3 is 14.8 Å². The molecule has 0 bridgehead atoms. The van der Waals surface area contributed by atoms with Gasteiger partial charge in [-0.2, -0.15) is 4.31 Å². The Morgan fingerprint density at radius 2 is 1.81 bits per heavy atom. The largest absolute Gasteiger partial charge is 0.452 e. The van der Waals surface area contributed by atoms with Crippen LogP contribution in [0.1, 0.15) is 10.4 Å². The Hall–Kier alpha value is -3.06. The molecule has 0 aromatic heterocycles. The van der Waals surface area contributed by atoms with Crippen LogP contribution < -0.4 is 5.32 Å². The third-order valence-electron chi connectivity index (χ3n) is 4.46. The number of benzene rings is 2. The summed E-state index contributed by atoms with van der Waals surface area (Å²) in [5.41, 5.74) is -0.469. The number of ether oxygens (including phenoxy) is 2. The maximum Gasteiger partial charge on any atom is 0.338 e. The third kappa shape index (κ3) is 5.59. The number of amides is 1. The smallest absolute Gasteiger partial charge is 0.338 e. The molecule has 0 aliphatic carbocycles. The van der Waals surface area contributed by atoms with Gasteiger partial charge >= 0.3 is 5.97 Å². The number of anilines is 1. The second kappa shape index (κ2) is 10.0. The van der Waals surface area contributed by atoms with Crippen LogP contribution in [0.4, 0.5) is 11.4 Å². The molecule has 13 heteroatoms. The lowest BCUT2D eigenvalue weighted by Crippen LogP contribution is -2.40. The van der Waals surface area contributed by atoms with Crippen LogP contribution in [0.25, 0.3) is 0 Å². The lowest BCUT2D eigenvalue weighted by molar-refractivity contribution is -0.383. The van der Waals surface area contributed by atoms with E-state index in [0.717, 1.165) is 6.07 Å². The Labute approximate surface area is 188 Å². The maximum atomic E-state index is 12.6. The first kappa shape index (κ1) is 23.6. The molecule has 1 aliphatic rings. The average Bonchev–Trinajstić information content (AvgIpc) is 2.79. The molecule has 0 radical (unpaired) electrons. The van der Waals surface area contributed by atoms with Gasteiger partial charge in [0.05, 0.1) is 28.6 Å². The number of sulfonamides is 1. The minimum atomic E-state index is -3.71. The summed E-state index contributed by atoms with van der Waals surface area (Å²) in [5, 5.41) is 13.5. The summed E-state index contributed by atoms with van der Waals surface area (Å²) in [7, 11) is -3.71. The van der Waals surface area contributed by atoms with Crippen LogP contribution in [-0.2, 0) is 24.3 Å². The summed E-state index contributed by atoms with van der Waals surface area (Å²) in [6.45, 7) is 0.405. The van der Waals surface area contributed by atoms with E-state index < -0.39 is 39.1 Å². The quantitative estimate of drug-likeness (QED) is 0.358. The number of halogens is 1. The number of nitro benzene ring substituents is 1. The Kier molecular flexibility index (Phi) is 7.40. The predicted molar refractivity (Wildman–Crippen MR) is 113 cm³/mol. The Morgan fingerprint density at radius 3 is 2.44 bits per heavy atom. The van der Waals surface area contributed by atoms with Crippen molar-refractivity contribution in [2.24, 2.45) is 0 Å². The van der Waals surface area contributed by atoms with E-state index >= 15 is 0 Å². The molecule has 1 saturated heterocycles. The zero-order valence-electron chi connectivity index (χ0n) is 16.5. The lowest BCUT2D eigenvalue weighted by atomic mass is 10.2. The van der Waals surface area contributed by atoms with Crippen LogP contribution in [0.15, 0.2) is 47.4 Å². The van der Waals surface area contributed by atoms with Gasteiger partial charge in [0.25, 0.3) is 11.6 Å². The summed E-state index contributed by atoms with van der Waals surface area (Å²) < 4.78 is 36.5. The van der Waals surface area contributed by atoms with Gasteiger partial charge in [0.2, 0.25) is 10.0 Å². The molecule has 32 heavy (non-hydrogen) atoms. The second-order valence-electron chi connectivity index (χ2n) is 6.58. The van der Waals surface area contributed by atoms with Crippen molar-refractivity contribution in [1.82, 2.24) is 4.31 Å².